The molecule has 1 N–H and O–H groups in total. The topological polar surface area (TPSA) is 49.4 Å². The molecule has 0 aromatic heterocycles. The number of carbonyl (C=O) groups is 2. The largest absolute Gasteiger partial charge is 0.356 e. The summed E-state index contributed by atoms with van der Waals surface area (Å²) in [5.41, 5.74) is 0.997. The van der Waals surface area contributed by atoms with Gasteiger partial charge in [0.2, 0.25) is 11.8 Å². The van der Waals surface area contributed by atoms with Crippen LogP contribution in [-0.4, -0.2) is 36.3 Å². The first-order chi connectivity index (χ1) is 13.2. The summed E-state index contributed by atoms with van der Waals surface area (Å²) in [6, 6.07) is 19.9. The minimum atomic E-state index is -0.304. The molecule has 0 spiro atoms. The van der Waals surface area contributed by atoms with E-state index in [4.69, 9.17) is 0 Å². The molecule has 2 aromatic carbocycles. The van der Waals surface area contributed by atoms with E-state index in [-0.39, 0.29) is 23.0 Å². The third-order valence-electron chi connectivity index (χ3n) is 4.78. The maximum absolute atomic E-state index is 13.4. The number of carbonyl (C=O) groups excluding carboxylic acids is 2. The van der Waals surface area contributed by atoms with Gasteiger partial charge < -0.3 is 10.2 Å². The number of amides is 2. The van der Waals surface area contributed by atoms with Crippen LogP contribution in [-0.2, 0) is 9.59 Å². The normalized spacial score (nSPS) is 18.0. The Bertz CT molecular complexity index is 751. The maximum atomic E-state index is 13.4. The predicted octanol–water partition coefficient (Wildman–Crippen LogP) is 3.89. The van der Waals surface area contributed by atoms with Gasteiger partial charge in [0.25, 0.3) is 0 Å². The van der Waals surface area contributed by atoms with Crippen LogP contribution in [0.2, 0.25) is 0 Å². The van der Waals surface area contributed by atoms with E-state index < -0.39 is 0 Å². The van der Waals surface area contributed by atoms with Crippen molar-refractivity contribution < 1.29 is 9.59 Å². The van der Waals surface area contributed by atoms with E-state index in [2.05, 4.69) is 5.32 Å². The van der Waals surface area contributed by atoms with Crippen molar-refractivity contribution in [3.63, 3.8) is 0 Å². The zero-order valence-corrected chi connectivity index (χ0v) is 16.5. The smallest absolute Gasteiger partial charge is 0.240 e. The van der Waals surface area contributed by atoms with Gasteiger partial charge in [0, 0.05) is 24.5 Å². The molecule has 4 nitrogen and oxygen atoms in total. The lowest BCUT2D eigenvalue weighted by molar-refractivity contribution is -0.135. The van der Waals surface area contributed by atoms with Crippen LogP contribution < -0.4 is 5.32 Å². The third kappa shape index (κ3) is 5.13. The molecule has 0 bridgehead atoms. The van der Waals surface area contributed by atoms with Gasteiger partial charge >= 0.3 is 0 Å². The highest BCUT2D eigenvalue weighted by molar-refractivity contribution is 8.00. The molecule has 1 aliphatic rings. The van der Waals surface area contributed by atoms with Crippen molar-refractivity contribution in [2.75, 3.05) is 19.6 Å². The highest BCUT2D eigenvalue weighted by Gasteiger charge is 2.32. The summed E-state index contributed by atoms with van der Waals surface area (Å²) < 4.78 is 0. The summed E-state index contributed by atoms with van der Waals surface area (Å²) in [7, 11) is 0. The Morgan fingerprint density at radius 1 is 1.11 bits per heavy atom. The fourth-order valence-corrected chi connectivity index (χ4v) is 4.53. The van der Waals surface area contributed by atoms with Crippen molar-refractivity contribution in [3.05, 3.63) is 66.2 Å². The van der Waals surface area contributed by atoms with Gasteiger partial charge in [-0.1, -0.05) is 48.5 Å². The first-order valence-electron chi connectivity index (χ1n) is 9.52. The van der Waals surface area contributed by atoms with Crippen LogP contribution >= 0.6 is 11.8 Å². The minimum absolute atomic E-state index is 0.0574. The number of likely N-dealkylation sites (tertiary alicyclic amines) is 1. The number of hydrogen-bond acceptors (Lipinski definition) is 3. The Hall–Kier alpha value is -2.27. The van der Waals surface area contributed by atoms with Gasteiger partial charge in [-0.3, -0.25) is 9.59 Å². The fourth-order valence-electron chi connectivity index (χ4n) is 3.40. The van der Waals surface area contributed by atoms with Crippen molar-refractivity contribution in [3.8, 4) is 0 Å². The molecule has 2 unspecified atom stereocenters. The standard InChI is InChI=1S/C22H26N2O2S/c1-2-23-21(25)18-12-9-15-24(16-18)22(26)20(17-10-5-3-6-11-17)27-19-13-7-4-8-14-19/h3-8,10-11,13-14,18,20H,2,9,12,15-16H2,1H3,(H,23,25). The second kappa shape index (κ2) is 9.60. The number of benzene rings is 2. The van der Waals surface area contributed by atoms with Gasteiger partial charge in [-0.25, -0.2) is 0 Å². The van der Waals surface area contributed by atoms with E-state index >= 15 is 0 Å². The van der Waals surface area contributed by atoms with Crippen molar-refractivity contribution in [1.29, 1.82) is 0 Å². The van der Waals surface area contributed by atoms with Crippen LogP contribution in [0.15, 0.2) is 65.6 Å². The van der Waals surface area contributed by atoms with Crippen LogP contribution in [0.5, 0.6) is 0 Å². The van der Waals surface area contributed by atoms with E-state index in [1.54, 1.807) is 11.8 Å². The molecule has 0 saturated carbocycles. The predicted molar refractivity (Wildman–Crippen MR) is 109 cm³/mol. The number of piperidine rings is 1. The first-order valence-corrected chi connectivity index (χ1v) is 10.4. The van der Waals surface area contributed by atoms with Gasteiger partial charge in [-0.2, -0.15) is 0 Å². The lowest BCUT2D eigenvalue weighted by atomic mass is 9.96. The Morgan fingerprint density at radius 3 is 2.44 bits per heavy atom. The fraction of sp³-hybridized carbons (Fsp3) is 0.364. The Balaban J connectivity index is 1.79. The second-order valence-electron chi connectivity index (χ2n) is 6.74. The van der Waals surface area contributed by atoms with Gasteiger partial charge in [0.15, 0.2) is 0 Å². The number of nitrogens with zero attached hydrogens (tertiary/aromatic N) is 1. The Kier molecular flexibility index (Phi) is 6.93. The van der Waals surface area contributed by atoms with Crippen LogP contribution in [0.25, 0.3) is 0 Å². The van der Waals surface area contributed by atoms with Crippen LogP contribution in [0.3, 0.4) is 0 Å². The van der Waals surface area contributed by atoms with Crippen molar-refractivity contribution in [2.45, 2.75) is 29.9 Å². The van der Waals surface area contributed by atoms with Crippen molar-refractivity contribution in [2.24, 2.45) is 5.92 Å². The van der Waals surface area contributed by atoms with E-state index in [0.29, 0.717) is 19.6 Å². The molecule has 1 saturated heterocycles. The summed E-state index contributed by atoms with van der Waals surface area (Å²) in [5, 5.41) is 2.59. The average molecular weight is 383 g/mol. The highest BCUT2D eigenvalue weighted by Crippen LogP contribution is 2.37. The first kappa shape index (κ1) is 19.5. The molecule has 5 heteroatoms. The molecule has 2 aromatic rings. The molecule has 1 aliphatic heterocycles. The minimum Gasteiger partial charge on any atom is -0.356 e. The number of rotatable bonds is 6. The molecule has 142 valence electrons. The molecule has 27 heavy (non-hydrogen) atoms. The third-order valence-corrected chi connectivity index (χ3v) is 6.03. The quantitative estimate of drug-likeness (QED) is 0.771. The molecule has 0 radical (unpaired) electrons. The zero-order chi connectivity index (χ0) is 19.1. The maximum Gasteiger partial charge on any atom is 0.240 e. The lowest BCUT2D eigenvalue weighted by Crippen LogP contribution is -2.46. The van der Waals surface area contributed by atoms with Gasteiger partial charge in [0.05, 0.1) is 5.92 Å². The van der Waals surface area contributed by atoms with E-state index in [9.17, 15) is 9.59 Å². The van der Waals surface area contributed by atoms with Crippen LogP contribution in [0.4, 0.5) is 0 Å². The highest BCUT2D eigenvalue weighted by atomic mass is 32.2. The monoisotopic (exact) mass is 382 g/mol. The molecule has 2 atom stereocenters. The molecular formula is C22H26N2O2S. The number of thioether (sulfide) groups is 1. The lowest BCUT2D eigenvalue weighted by Gasteiger charge is -2.34. The molecule has 0 aliphatic carbocycles. The van der Waals surface area contributed by atoms with E-state index in [1.807, 2.05) is 72.5 Å². The number of nitrogens with one attached hydrogen (secondary N) is 1. The summed E-state index contributed by atoms with van der Waals surface area (Å²) in [5.74, 6) is 0.0341. The SMILES string of the molecule is CCNC(=O)C1CCCN(C(=O)C(Sc2ccccc2)c2ccccc2)C1. The van der Waals surface area contributed by atoms with Gasteiger partial charge in [-0.05, 0) is 37.5 Å². The summed E-state index contributed by atoms with van der Waals surface area (Å²) in [4.78, 5) is 28.6. The Morgan fingerprint density at radius 2 is 1.78 bits per heavy atom. The van der Waals surface area contributed by atoms with Crippen molar-refractivity contribution in [1.82, 2.24) is 10.2 Å². The second-order valence-corrected chi connectivity index (χ2v) is 7.92. The number of hydrogen-bond donors (Lipinski definition) is 1. The van der Waals surface area contributed by atoms with Gasteiger partial charge in [0.1, 0.15) is 5.25 Å². The summed E-state index contributed by atoms with van der Waals surface area (Å²) in [6.45, 7) is 3.77. The zero-order valence-electron chi connectivity index (χ0n) is 15.6. The molecule has 2 amide bonds. The van der Waals surface area contributed by atoms with E-state index in [0.717, 1.165) is 23.3 Å². The van der Waals surface area contributed by atoms with Crippen LogP contribution in [0, 0.1) is 5.92 Å². The van der Waals surface area contributed by atoms with Crippen LogP contribution in [0.1, 0.15) is 30.6 Å². The summed E-state index contributed by atoms with van der Waals surface area (Å²) >= 11 is 1.57. The molecule has 1 heterocycles. The summed E-state index contributed by atoms with van der Waals surface area (Å²) in [6.07, 6.45) is 1.71. The molecular weight excluding hydrogens is 356 g/mol. The van der Waals surface area contributed by atoms with Crippen molar-refractivity contribution >= 4 is 23.6 Å². The molecule has 3 rings (SSSR count). The van der Waals surface area contributed by atoms with E-state index in [1.165, 1.54) is 0 Å². The van der Waals surface area contributed by atoms with Gasteiger partial charge in [-0.15, -0.1) is 11.8 Å². The average Bonchev–Trinajstić information content (AvgIpc) is 2.73. The molecule has 1 fully saturated rings. The Labute approximate surface area is 165 Å².